The highest BCUT2D eigenvalue weighted by Gasteiger charge is 2.60. The second-order valence-electron chi connectivity index (χ2n) is 10.8. The lowest BCUT2D eigenvalue weighted by Gasteiger charge is -2.44. The number of aryl methyl sites for hydroxylation is 1. The average Bonchev–Trinajstić information content (AvgIpc) is 3.19. The minimum atomic E-state index is -1.26. The predicted octanol–water partition coefficient (Wildman–Crippen LogP) is 5.55. The molecular weight excluding hydrogens is 512 g/mol. The molecule has 2 atom stereocenters. The number of hydrogen-bond donors (Lipinski definition) is 0. The van der Waals surface area contributed by atoms with Crippen molar-refractivity contribution in [1.82, 2.24) is 10.0 Å². The Kier molecular flexibility index (Phi) is 7.22. The molecule has 2 aliphatic heterocycles. The van der Waals surface area contributed by atoms with Crippen LogP contribution in [0, 0.1) is 6.92 Å². The SMILES string of the molecule is COc1ccc(CN(C(=O)OC(C)Cl)N2C(C)(C)OC(=O)[C@]2(C)Cc2ccc3c(c2)OC(C)(C)O3)c(C)c1. The largest absolute Gasteiger partial charge is 0.497 e. The van der Waals surface area contributed by atoms with E-state index in [0.717, 1.165) is 16.7 Å². The number of carbonyl (C=O) groups excluding carboxylic acids is 2. The standard InChI is InChI=1S/C28H35ClN2O7/c1-17-13-21(34-8)11-10-20(17)16-30(25(33)35-18(2)29)31-26(3,4)38-24(32)28(31,7)15-19-9-12-22-23(14-19)37-27(5,6)36-22/h9-14,18H,15-16H2,1-8H3/t18?,28-/m0/s1. The zero-order valence-electron chi connectivity index (χ0n) is 23.1. The van der Waals surface area contributed by atoms with Gasteiger partial charge in [0, 0.05) is 20.3 Å². The van der Waals surface area contributed by atoms with Crippen molar-refractivity contribution in [3.8, 4) is 17.2 Å². The zero-order chi connectivity index (χ0) is 28.0. The number of amides is 1. The summed E-state index contributed by atoms with van der Waals surface area (Å²) in [5.74, 6) is 0.676. The molecule has 0 radical (unpaired) electrons. The van der Waals surface area contributed by atoms with E-state index >= 15 is 0 Å². The van der Waals surface area contributed by atoms with E-state index in [4.69, 9.17) is 35.3 Å². The zero-order valence-corrected chi connectivity index (χ0v) is 23.8. The number of esters is 1. The number of hydrogen-bond acceptors (Lipinski definition) is 8. The van der Waals surface area contributed by atoms with Crippen LogP contribution in [0.3, 0.4) is 0 Å². The molecule has 2 aromatic carbocycles. The molecule has 0 N–H and O–H groups in total. The Bertz CT molecular complexity index is 1250. The molecule has 0 bridgehead atoms. The third-order valence-corrected chi connectivity index (χ3v) is 6.70. The van der Waals surface area contributed by atoms with E-state index in [1.54, 1.807) is 39.8 Å². The van der Waals surface area contributed by atoms with Crippen LogP contribution in [-0.4, -0.2) is 51.8 Å². The number of rotatable bonds is 7. The minimum Gasteiger partial charge on any atom is -0.497 e. The van der Waals surface area contributed by atoms with Gasteiger partial charge in [-0.25, -0.2) is 14.6 Å². The number of benzene rings is 2. The van der Waals surface area contributed by atoms with Crippen LogP contribution < -0.4 is 14.2 Å². The maximum Gasteiger partial charge on any atom is 0.426 e. The van der Waals surface area contributed by atoms with Gasteiger partial charge in [-0.2, -0.15) is 5.01 Å². The van der Waals surface area contributed by atoms with E-state index in [1.807, 2.05) is 57.2 Å². The van der Waals surface area contributed by atoms with E-state index < -0.39 is 34.7 Å². The molecule has 4 rings (SSSR count). The van der Waals surface area contributed by atoms with Crippen LogP contribution in [-0.2, 0) is 27.2 Å². The summed E-state index contributed by atoms with van der Waals surface area (Å²) in [5, 5.41) is 3.05. The molecule has 0 spiro atoms. The van der Waals surface area contributed by atoms with Crippen molar-refractivity contribution < 1.29 is 33.3 Å². The lowest BCUT2D eigenvalue weighted by molar-refractivity contribution is -0.174. The smallest absolute Gasteiger partial charge is 0.426 e. The molecule has 0 saturated carbocycles. The van der Waals surface area contributed by atoms with Crippen LogP contribution in [0.5, 0.6) is 17.2 Å². The number of nitrogens with zero attached hydrogens (tertiary/aromatic N) is 2. The lowest BCUT2D eigenvalue weighted by Crippen LogP contribution is -2.62. The topological polar surface area (TPSA) is 86.8 Å². The van der Waals surface area contributed by atoms with Gasteiger partial charge in [0.25, 0.3) is 0 Å². The Morgan fingerprint density at radius 2 is 1.74 bits per heavy atom. The number of methoxy groups -OCH3 is 1. The number of hydrazine groups is 1. The van der Waals surface area contributed by atoms with Crippen molar-refractivity contribution in [2.45, 2.75) is 84.0 Å². The first-order valence-corrected chi connectivity index (χ1v) is 12.9. The number of halogens is 1. The summed E-state index contributed by atoms with van der Waals surface area (Å²) in [6.07, 6.45) is -0.471. The second kappa shape index (κ2) is 9.85. The van der Waals surface area contributed by atoms with Gasteiger partial charge < -0.3 is 23.7 Å². The van der Waals surface area contributed by atoms with Gasteiger partial charge in [-0.1, -0.05) is 23.7 Å². The molecule has 0 aromatic heterocycles. The van der Waals surface area contributed by atoms with Crippen LogP contribution in [0.15, 0.2) is 36.4 Å². The number of alkyl halides is 1. The second-order valence-corrected chi connectivity index (χ2v) is 11.4. The molecular formula is C28H35ClN2O7. The summed E-state index contributed by atoms with van der Waals surface area (Å²) in [6.45, 7) is 12.5. The number of fused-ring (bicyclic) bond motifs is 1. The fraction of sp³-hybridized carbons (Fsp3) is 0.500. The molecule has 1 unspecified atom stereocenters. The van der Waals surface area contributed by atoms with Gasteiger partial charge in [-0.3, -0.25) is 0 Å². The van der Waals surface area contributed by atoms with Crippen molar-refractivity contribution >= 4 is 23.7 Å². The van der Waals surface area contributed by atoms with Gasteiger partial charge in [0.1, 0.15) is 11.3 Å². The fourth-order valence-corrected chi connectivity index (χ4v) is 5.17. The van der Waals surface area contributed by atoms with Crippen molar-refractivity contribution in [2.75, 3.05) is 7.11 Å². The Balaban J connectivity index is 1.74. The Labute approximate surface area is 228 Å². The molecule has 10 heteroatoms. The number of cyclic esters (lactones) is 1. The van der Waals surface area contributed by atoms with Crippen LogP contribution >= 0.6 is 11.6 Å². The van der Waals surface area contributed by atoms with Crippen LogP contribution in [0.25, 0.3) is 0 Å². The predicted molar refractivity (Wildman–Crippen MR) is 141 cm³/mol. The summed E-state index contributed by atoms with van der Waals surface area (Å²) in [4.78, 5) is 27.0. The van der Waals surface area contributed by atoms with Crippen LogP contribution in [0.4, 0.5) is 4.79 Å². The maximum atomic E-state index is 13.5. The molecule has 2 aromatic rings. The summed E-state index contributed by atoms with van der Waals surface area (Å²) in [6, 6.07) is 11.1. The molecule has 0 aliphatic carbocycles. The van der Waals surface area contributed by atoms with Gasteiger partial charge in [0.15, 0.2) is 22.8 Å². The highest BCUT2D eigenvalue weighted by Crippen LogP contribution is 2.44. The highest BCUT2D eigenvalue weighted by molar-refractivity contribution is 6.19. The third kappa shape index (κ3) is 5.35. The summed E-state index contributed by atoms with van der Waals surface area (Å²) >= 11 is 6.05. The van der Waals surface area contributed by atoms with Gasteiger partial charge in [-0.05, 0) is 75.6 Å². The number of carbonyl (C=O) groups is 2. The Hall–Kier alpha value is -3.17. The maximum absolute atomic E-state index is 13.5. The lowest BCUT2D eigenvalue weighted by atomic mass is 9.91. The minimum absolute atomic E-state index is 0.114. The van der Waals surface area contributed by atoms with Crippen molar-refractivity contribution in [1.29, 1.82) is 0 Å². The Morgan fingerprint density at radius 1 is 1.05 bits per heavy atom. The van der Waals surface area contributed by atoms with Crippen molar-refractivity contribution in [2.24, 2.45) is 0 Å². The molecule has 1 amide bonds. The van der Waals surface area contributed by atoms with Gasteiger partial charge in [0.2, 0.25) is 5.79 Å². The normalized spacial score (nSPS) is 22.1. The molecule has 38 heavy (non-hydrogen) atoms. The highest BCUT2D eigenvalue weighted by atomic mass is 35.5. The van der Waals surface area contributed by atoms with Crippen molar-refractivity contribution in [3.05, 3.63) is 53.1 Å². The first-order valence-electron chi connectivity index (χ1n) is 12.5. The van der Waals surface area contributed by atoms with Crippen LogP contribution in [0.2, 0.25) is 0 Å². The summed E-state index contributed by atoms with van der Waals surface area (Å²) < 4.78 is 28.3. The first-order chi connectivity index (χ1) is 17.6. The van der Waals surface area contributed by atoms with Crippen LogP contribution in [0.1, 0.15) is 58.2 Å². The van der Waals surface area contributed by atoms with Gasteiger partial charge in [-0.15, -0.1) is 0 Å². The molecule has 206 valence electrons. The summed E-state index contributed by atoms with van der Waals surface area (Å²) in [7, 11) is 1.60. The monoisotopic (exact) mass is 546 g/mol. The third-order valence-electron chi connectivity index (χ3n) is 6.61. The molecule has 2 aliphatic rings. The molecule has 1 saturated heterocycles. The van der Waals surface area contributed by atoms with E-state index in [9.17, 15) is 9.59 Å². The van der Waals surface area contributed by atoms with Crippen molar-refractivity contribution in [3.63, 3.8) is 0 Å². The molecule has 9 nitrogen and oxygen atoms in total. The van der Waals surface area contributed by atoms with Gasteiger partial charge >= 0.3 is 12.1 Å². The first kappa shape index (κ1) is 27.9. The Morgan fingerprint density at radius 3 is 2.37 bits per heavy atom. The summed E-state index contributed by atoms with van der Waals surface area (Å²) in [5.41, 5.74) is -0.751. The number of ether oxygens (including phenoxy) is 5. The molecule has 2 heterocycles. The average molecular weight is 547 g/mol. The van der Waals surface area contributed by atoms with E-state index in [0.29, 0.717) is 17.2 Å². The fourth-order valence-electron chi connectivity index (χ4n) is 5.09. The quantitative estimate of drug-likeness (QED) is 0.330. The van der Waals surface area contributed by atoms with E-state index in [1.165, 1.54) is 5.01 Å². The van der Waals surface area contributed by atoms with E-state index in [-0.39, 0.29) is 13.0 Å². The van der Waals surface area contributed by atoms with E-state index in [2.05, 4.69) is 0 Å². The van der Waals surface area contributed by atoms with Gasteiger partial charge in [0.05, 0.1) is 13.7 Å². The molecule has 1 fully saturated rings.